The van der Waals surface area contributed by atoms with Crippen molar-refractivity contribution in [1.82, 2.24) is 0 Å². The molecule has 3 nitrogen and oxygen atoms in total. The molecular weight excluding hydrogens is 318 g/mol. The molecule has 20 heavy (non-hydrogen) atoms. The van der Waals surface area contributed by atoms with Crippen molar-refractivity contribution in [3.05, 3.63) is 28.2 Å². The fraction of sp³-hybridized carbons (Fsp3) is 0.625. The average molecular weight is 344 g/mol. The predicted molar refractivity (Wildman–Crippen MR) is 88.3 cm³/mol. The van der Waals surface area contributed by atoms with Gasteiger partial charge in [0.2, 0.25) is 0 Å². The summed E-state index contributed by atoms with van der Waals surface area (Å²) in [4.78, 5) is 0. The fourth-order valence-electron chi connectivity index (χ4n) is 1.91. The largest absolute Gasteiger partial charge is 0.389 e. The minimum Gasteiger partial charge on any atom is -0.389 e. The van der Waals surface area contributed by atoms with Crippen LogP contribution in [0.25, 0.3) is 0 Å². The van der Waals surface area contributed by atoms with Crippen LogP contribution in [-0.4, -0.2) is 31.0 Å². The molecule has 0 radical (unpaired) electrons. The maximum Gasteiger partial charge on any atom is 0.0945 e. The van der Waals surface area contributed by atoms with E-state index in [2.05, 4.69) is 34.2 Å². The van der Waals surface area contributed by atoms with Crippen LogP contribution in [0.3, 0.4) is 0 Å². The summed E-state index contributed by atoms with van der Waals surface area (Å²) in [6.07, 6.45) is 4.30. The third-order valence-corrected chi connectivity index (χ3v) is 3.79. The predicted octanol–water partition coefficient (Wildman–Crippen LogP) is 4.13. The van der Waals surface area contributed by atoms with E-state index in [1.807, 2.05) is 19.1 Å². The number of aliphatic hydroxyl groups excluding tert-OH is 1. The second-order valence-corrected chi connectivity index (χ2v) is 6.01. The van der Waals surface area contributed by atoms with E-state index in [4.69, 9.17) is 4.74 Å². The van der Waals surface area contributed by atoms with Crippen molar-refractivity contribution in [2.45, 2.75) is 45.6 Å². The first kappa shape index (κ1) is 17.5. The highest BCUT2D eigenvalue weighted by molar-refractivity contribution is 9.10. The first-order chi connectivity index (χ1) is 9.63. The maximum absolute atomic E-state index is 9.87. The molecule has 0 saturated carbocycles. The molecule has 0 amide bonds. The van der Waals surface area contributed by atoms with Gasteiger partial charge in [0, 0.05) is 23.3 Å². The van der Waals surface area contributed by atoms with Crippen LogP contribution in [-0.2, 0) is 4.74 Å². The number of nitrogens with one attached hydrogen (secondary N) is 1. The Labute approximate surface area is 130 Å². The molecule has 0 aromatic heterocycles. The van der Waals surface area contributed by atoms with Crippen molar-refractivity contribution in [2.75, 3.05) is 25.1 Å². The molecule has 4 heteroatoms. The van der Waals surface area contributed by atoms with Gasteiger partial charge >= 0.3 is 0 Å². The first-order valence-corrected chi connectivity index (χ1v) is 8.18. The van der Waals surface area contributed by atoms with E-state index in [9.17, 15) is 5.11 Å². The minimum absolute atomic E-state index is 0.391. The summed E-state index contributed by atoms with van der Waals surface area (Å²) in [5, 5.41) is 13.1. The molecule has 1 atom stereocenters. The van der Waals surface area contributed by atoms with E-state index < -0.39 is 6.10 Å². The van der Waals surface area contributed by atoms with Crippen molar-refractivity contribution >= 4 is 21.6 Å². The van der Waals surface area contributed by atoms with Crippen molar-refractivity contribution in [3.8, 4) is 0 Å². The zero-order valence-electron chi connectivity index (χ0n) is 12.5. The third kappa shape index (κ3) is 7.27. The van der Waals surface area contributed by atoms with E-state index >= 15 is 0 Å². The van der Waals surface area contributed by atoms with E-state index in [1.165, 1.54) is 24.8 Å². The smallest absolute Gasteiger partial charge is 0.0945 e. The molecule has 0 aliphatic carbocycles. The van der Waals surface area contributed by atoms with Gasteiger partial charge < -0.3 is 15.2 Å². The van der Waals surface area contributed by atoms with Gasteiger partial charge in [-0.3, -0.25) is 0 Å². The Bertz CT molecular complexity index is 385. The topological polar surface area (TPSA) is 41.5 Å². The monoisotopic (exact) mass is 343 g/mol. The van der Waals surface area contributed by atoms with Gasteiger partial charge in [0.15, 0.2) is 0 Å². The lowest BCUT2D eigenvalue weighted by atomic mass is 10.2. The van der Waals surface area contributed by atoms with E-state index in [1.54, 1.807) is 0 Å². The van der Waals surface area contributed by atoms with Crippen molar-refractivity contribution in [3.63, 3.8) is 0 Å². The molecule has 0 spiro atoms. The number of hydrogen-bond donors (Lipinski definition) is 2. The summed E-state index contributed by atoms with van der Waals surface area (Å²) in [7, 11) is 0. The number of ether oxygens (including phenoxy) is 1. The van der Waals surface area contributed by atoms with E-state index in [-0.39, 0.29) is 0 Å². The van der Waals surface area contributed by atoms with Gasteiger partial charge in [-0.05, 0) is 47.0 Å². The Kier molecular flexibility index (Phi) is 8.90. The maximum atomic E-state index is 9.87. The number of unbranched alkanes of at least 4 members (excludes halogenated alkanes) is 3. The molecule has 0 aliphatic rings. The Hall–Kier alpha value is -0.580. The third-order valence-electron chi connectivity index (χ3n) is 3.10. The number of anilines is 1. The highest BCUT2D eigenvalue weighted by Gasteiger charge is 2.06. The SMILES string of the molecule is CCCCCCOCC(O)CNc1cc(C)ccc1Br. The lowest BCUT2D eigenvalue weighted by Crippen LogP contribution is -2.25. The van der Waals surface area contributed by atoms with Gasteiger partial charge in [-0.15, -0.1) is 0 Å². The molecule has 1 aromatic carbocycles. The molecule has 0 aliphatic heterocycles. The molecular formula is C16H26BrNO2. The van der Waals surface area contributed by atoms with Crippen LogP contribution < -0.4 is 5.32 Å². The van der Waals surface area contributed by atoms with Gasteiger partial charge in [-0.2, -0.15) is 0 Å². The Morgan fingerprint density at radius 3 is 2.85 bits per heavy atom. The van der Waals surface area contributed by atoms with Crippen LogP contribution in [0.5, 0.6) is 0 Å². The van der Waals surface area contributed by atoms with Gasteiger partial charge in [-0.25, -0.2) is 0 Å². The number of benzene rings is 1. The lowest BCUT2D eigenvalue weighted by molar-refractivity contribution is 0.0416. The zero-order valence-corrected chi connectivity index (χ0v) is 14.1. The summed E-state index contributed by atoms with van der Waals surface area (Å²) in [5.41, 5.74) is 2.20. The summed E-state index contributed by atoms with van der Waals surface area (Å²) in [6.45, 7) is 5.87. The fourth-order valence-corrected chi connectivity index (χ4v) is 2.30. The molecule has 1 aromatic rings. The lowest BCUT2D eigenvalue weighted by Gasteiger charge is -2.14. The quantitative estimate of drug-likeness (QED) is 0.627. The van der Waals surface area contributed by atoms with Gasteiger partial charge in [0.05, 0.1) is 12.7 Å². The van der Waals surface area contributed by atoms with Crippen molar-refractivity contribution < 1.29 is 9.84 Å². The summed E-state index contributed by atoms with van der Waals surface area (Å²) < 4.78 is 6.49. The van der Waals surface area contributed by atoms with E-state index in [0.717, 1.165) is 23.2 Å². The summed E-state index contributed by atoms with van der Waals surface area (Å²) in [6, 6.07) is 6.11. The van der Waals surface area contributed by atoms with Crippen LogP contribution in [0.2, 0.25) is 0 Å². The normalized spacial score (nSPS) is 12.4. The van der Waals surface area contributed by atoms with Crippen LogP contribution in [0.4, 0.5) is 5.69 Å². The number of halogens is 1. The molecule has 114 valence electrons. The minimum atomic E-state index is -0.478. The number of aryl methyl sites for hydroxylation is 1. The van der Waals surface area contributed by atoms with Gasteiger partial charge in [0.25, 0.3) is 0 Å². The number of rotatable bonds is 10. The zero-order chi connectivity index (χ0) is 14.8. The molecule has 1 unspecified atom stereocenters. The average Bonchev–Trinajstić information content (AvgIpc) is 2.43. The second kappa shape index (κ2) is 10.2. The molecule has 2 N–H and O–H groups in total. The molecule has 0 bridgehead atoms. The van der Waals surface area contributed by atoms with Crippen LogP contribution >= 0.6 is 15.9 Å². The Balaban J connectivity index is 2.16. The highest BCUT2D eigenvalue weighted by atomic mass is 79.9. The highest BCUT2D eigenvalue weighted by Crippen LogP contribution is 2.23. The molecule has 1 rings (SSSR count). The van der Waals surface area contributed by atoms with Crippen LogP contribution in [0.1, 0.15) is 38.2 Å². The number of aliphatic hydroxyl groups is 1. The first-order valence-electron chi connectivity index (χ1n) is 7.39. The molecule has 0 fully saturated rings. The molecule has 0 saturated heterocycles. The Morgan fingerprint density at radius 1 is 1.30 bits per heavy atom. The second-order valence-electron chi connectivity index (χ2n) is 5.15. The number of hydrogen-bond acceptors (Lipinski definition) is 3. The Morgan fingerprint density at radius 2 is 2.10 bits per heavy atom. The standard InChI is InChI=1S/C16H26BrNO2/c1-3-4-5-6-9-20-12-14(19)11-18-16-10-13(2)7-8-15(16)17/h7-8,10,14,18-19H,3-6,9,11-12H2,1-2H3. The van der Waals surface area contributed by atoms with Crippen LogP contribution in [0, 0.1) is 6.92 Å². The van der Waals surface area contributed by atoms with E-state index in [0.29, 0.717) is 13.2 Å². The van der Waals surface area contributed by atoms with Crippen molar-refractivity contribution in [1.29, 1.82) is 0 Å². The summed E-state index contributed by atoms with van der Waals surface area (Å²) >= 11 is 3.49. The van der Waals surface area contributed by atoms with Gasteiger partial charge in [-0.1, -0.05) is 32.3 Å². The van der Waals surface area contributed by atoms with Gasteiger partial charge in [0.1, 0.15) is 0 Å². The van der Waals surface area contributed by atoms with Crippen molar-refractivity contribution in [2.24, 2.45) is 0 Å². The molecule has 0 heterocycles. The van der Waals surface area contributed by atoms with Crippen LogP contribution in [0.15, 0.2) is 22.7 Å². The summed E-state index contributed by atoms with van der Waals surface area (Å²) in [5.74, 6) is 0.